The Balaban J connectivity index is 2.17. The van der Waals surface area contributed by atoms with Crippen LogP contribution in [0.5, 0.6) is 0 Å². The summed E-state index contributed by atoms with van der Waals surface area (Å²) in [5.74, 6) is 0. The third kappa shape index (κ3) is 2.84. The van der Waals surface area contributed by atoms with Crippen molar-refractivity contribution < 1.29 is 0 Å². The Bertz CT molecular complexity index is 521. The van der Waals surface area contributed by atoms with Gasteiger partial charge in [0.2, 0.25) is 0 Å². The molecule has 17 heavy (non-hydrogen) atoms. The zero-order valence-corrected chi connectivity index (χ0v) is 10.6. The zero-order valence-electron chi connectivity index (χ0n) is 9.89. The lowest BCUT2D eigenvalue weighted by Gasteiger charge is -2.12. The van der Waals surface area contributed by atoms with Crippen LogP contribution in [0.15, 0.2) is 24.4 Å². The van der Waals surface area contributed by atoms with E-state index in [0.29, 0.717) is 11.4 Å². The number of aromatic nitrogens is 3. The Morgan fingerprint density at radius 2 is 2.24 bits per heavy atom. The predicted molar refractivity (Wildman–Crippen MR) is 67.8 cm³/mol. The lowest BCUT2D eigenvalue weighted by Crippen LogP contribution is -2.14. The minimum absolute atomic E-state index is 0.153. The van der Waals surface area contributed by atoms with E-state index in [1.807, 2.05) is 38.4 Å². The van der Waals surface area contributed by atoms with E-state index in [-0.39, 0.29) is 6.04 Å². The van der Waals surface area contributed by atoms with Crippen LogP contribution in [0.25, 0.3) is 0 Å². The lowest BCUT2D eigenvalue weighted by molar-refractivity contribution is 0.694. The van der Waals surface area contributed by atoms with Crippen LogP contribution in [0.1, 0.15) is 22.9 Å². The Kier molecular flexibility index (Phi) is 3.45. The SMILES string of the molecule is Cc1ccc(C(N)Cc2cn(C)nn2)c(Cl)c1. The molecule has 0 aliphatic carbocycles. The topological polar surface area (TPSA) is 56.7 Å². The molecule has 0 fully saturated rings. The van der Waals surface area contributed by atoms with Gasteiger partial charge in [0.1, 0.15) is 0 Å². The molecule has 2 rings (SSSR count). The van der Waals surface area contributed by atoms with Crippen molar-refractivity contribution in [3.8, 4) is 0 Å². The maximum absolute atomic E-state index is 6.17. The van der Waals surface area contributed by atoms with Gasteiger partial charge in [-0.25, -0.2) is 0 Å². The summed E-state index contributed by atoms with van der Waals surface area (Å²) in [4.78, 5) is 0. The van der Waals surface area contributed by atoms with Crippen LogP contribution in [0.4, 0.5) is 0 Å². The van der Waals surface area contributed by atoms with Gasteiger partial charge in [-0.15, -0.1) is 5.10 Å². The van der Waals surface area contributed by atoms with Crippen molar-refractivity contribution in [3.05, 3.63) is 46.2 Å². The third-order valence-electron chi connectivity index (χ3n) is 2.63. The van der Waals surface area contributed by atoms with Crippen molar-refractivity contribution in [1.82, 2.24) is 15.0 Å². The van der Waals surface area contributed by atoms with E-state index in [2.05, 4.69) is 10.3 Å². The molecule has 2 N–H and O–H groups in total. The number of halogens is 1. The Morgan fingerprint density at radius 1 is 1.47 bits per heavy atom. The van der Waals surface area contributed by atoms with Gasteiger partial charge in [0.25, 0.3) is 0 Å². The number of nitrogens with two attached hydrogens (primary N) is 1. The summed E-state index contributed by atoms with van der Waals surface area (Å²) in [7, 11) is 1.83. The molecule has 1 aromatic heterocycles. The molecule has 0 aliphatic rings. The molecule has 1 unspecified atom stereocenters. The number of rotatable bonds is 3. The molecule has 5 heteroatoms. The lowest BCUT2D eigenvalue weighted by atomic mass is 10.0. The summed E-state index contributed by atoms with van der Waals surface area (Å²) in [6.45, 7) is 2.00. The minimum Gasteiger partial charge on any atom is -0.324 e. The van der Waals surface area contributed by atoms with E-state index in [1.165, 1.54) is 0 Å². The van der Waals surface area contributed by atoms with Crippen LogP contribution in [0.2, 0.25) is 5.02 Å². The number of hydrogen-bond acceptors (Lipinski definition) is 3. The molecule has 1 heterocycles. The Labute approximate surface area is 105 Å². The van der Waals surface area contributed by atoms with Crippen LogP contribution in [-0.2, 0) is 13.5 Å². The maximum Gasteiger partial charge on any atom is 0.0845 e. The first-order valence-electron chi connectivity index (χ1n) is 5.43. The smallest absolute Gasteiger partial charge is 0.0845 e. The molecular formula is C12H15ClN4. The normalized spacial score (nSPS) is 12.7. The number of nitrogens with zero attached hydrogens (tertiary/aromatic N) is 3. The second kappa shape index (κ2) is 4.85. The summed E-state index contributed by atoms with van der Waals surface area (Å²) in [6.07, 6.45) is 2.50. The summed E-state index contributed by atoms with van der Waals surface area (Å²) in [5, 5.41) is 8.61. The monoisotopic (exact) mass is 250 g/mol. The van der Waals surface area contributed by atoms with Crippen LogP contribution in [-0.4, -0.2) is 15.0 Å². The van der Waals surface area contributed by atoms with Gasteiger partial charge in [-0.1, -0.05) is 28.9 Å². The van der Waals surface area contributed by atoms with Gasteiger partial charge in [-0.2, -0.15) is 0 Å². The van der Waals surface area contributed by atoms with Gasteiger partial charge >= 0.3 is 0 Å². The highest BCUT2D eigenvalue weighted by atomic mass is 35.5. The summed E-state index contributed by atoms with van der Waals surface area (Å²) < 4.78 is 1.67. The second-order valence-corrected chi connectivity index (χ2v) is 4.63. The Morgan fingerprint density at radius 3 is 2.82 bits per heavy atom. The van der Waals surface area contributed by atoms with Crippen LogP contribution < -0.4 is 5.73 Å². The summed E-state index contributed by atoms with van der Waals surface area (Å²) in [6, 6.07) is 5.75. The first-order valence-corrected chi connectivity index (χ1v) is 5.81. The van der Waals surface area contributed by atoms with Crippen LogP contribution in [0.3, 0.4) is 0 Å². The molecule has 0 amide bonds. The molecular weight excluding hydrogens is 236 g/mol. The van der Waals surface area contributed by atoms with Gasteiger partial charge in [-0.05, 0) is 24.1 Å². The standard InChI is InChI=1S/C12H15ClN4/c1-8-3-4-10(11(13)5-8)12(14)6-9-7-17(2)16-15-9/h3-5,7,12H,6,14H2,1-2H3. The van der Waals surface area contributed by atoms with Crippen molar-refractivity contribution in [2.24, 2.45) is 12.8 Å². The van der Waals surface area contributed by atoms with Gasteiger partial charge in [0.05, 0.1) is 5.69 Å². The van der Waals surface area contributed by atoms with Crippen LogP contribution >= 0.6 is 11.6 Å². The third-order valence-corrected chi connectivity index (χ3v) is 2.96. The largest absolute Gasteiger partial charge is 0.324 e. The van der Waals surface area contributed by atoms with E-state index in [9.17, 15) is 0 Å². The molecule has 4 nitrogen and oxygen atoms in total. The maximum atomic E-state index is 6.17. The molecule has 0 aliphatic heterocycles. The summed E-state index contributed by atoms with van der Waals surface area (Å²) in [5.41, 5.74) is 9.07. The molecule has 90 valence electrons. The summed E-state index contributed by atoms with van der Waals surface area (Å²) >= 11 is 6.17. The molecule has 2 aromatic rings. The van der Waals surface area contributed by atoms with E-state index in [1.54, 1.807) is 4.68 Å². The molecule has 1 aromatic carbocycles. The second-order valence-electron chi connectivity index (χ2n) is 4.22. The number of benzene rings is 1. The van der Waals surface area contributed by atoms with E-state index >= 15 is 0 Å². The van der Waals surface area contributed by atoms with Gasteiger partial charge in [0, 0.05) is 30.7 Å². The fourth-order valence-electron chi connectivity index (χ4n) is 1.76. The highest BCUT2D eigenvalue weighted by Gasteiger charge is 2.12. The first-order chi connectivity index (χ1) is 8.06. The van der Waals surface area contributed by atoms with E-state index < -0.39 is 0 Å². The fourth-order valence-corrected chi connectivity index (χ4v) is 2.13. The van der Waals surface area contributed by atoms with Crippen molar-refractivity contribution in [3.63, 3.8) is 0 Å². The first kappa shape index (κ1) is 12.1. The average Bonchev–Trinajstić information content (AvgIpc) is 2.63. The van der Waals surface area contributed by atoms with E-state index in [0.717, 1.165) is 16.8 Å². The van der Waals surface area contributed by atoms with Crippen molar-refractivity contribution in [2.45, 2.75) is 19.4 Å². The van der Waals surface area contributed by atoms with Gasteiger partial charge in [-0.3, -0.25) is 4.68 Å². The molecule has 0 radical (unpaired) electrons. The van der Waals surface area contributed by atoms with Gasteiger partial charge in [0.15, 0.2) is 0 Å². The van der Waals surface area contributed by atoms with Crippen molar-refractivity contribution >= 4 is 11.6 Å². The molecule has 0 saturated heterocycles. The predicted octanol–water partition coefficient (Wildman–Crippen LogP) is 2.02. The highest BCUT2D eigenvalue weighted by Crippen LogP contribution is 2.24. The average molecular weight is 251 g/mol. The van der Waals surface area contributed by atoms with E-state index in [4.69, 9.17) is 17.3 Å². The molecule has 0 bridgehead atoms. The van der Waals surface area contributed by atoms with Crippen molar-refractivity contribution in [2.75, 3.05) is 0 Å². The highest BCUT2D eigenvalue weighted by molar-refractivity contribution is 6.31. The Hall–Kier alpha value is -1.39. The fraction of sp³-hybridized carbons (Fsp3) is 0.333. The minimum atomic E-state index is -0.153. The molecule has 1 atom stereocenters. The quantitative estimate of drug-likeness (QED) is 0.907. The number of aryl methyl sites for hydroxylation is 2. The number of hydrogen-bond donors (Lipinski definition) is 1. The van der Waals surface area contributed by atoms with Crippen molar-refractivity contribution in [1.29, 1.82) is 0 Å². The van der Waals surface area contributed by atoms with Gasteiger partial charge < -0.3 is 5.73 Å². The van der Waals surface area contributed by atoms with Crippen LogP contribution in [0, 0.1) is 6.92 Å². The molecule has 0 saturated carbocycles. The molecule has 0 spiro atoms. The zero-order chi connectivity index (χ0) is 12.4.